The lowest BCUT2D eigenvalue weighted by Crippen LogP contribution is -2.43. The molecule has 12 heteroatoms. The fraction of sp³-hybridized carbons (Fsp3) is 0.300. The van der Waals surface area contributed by atoms with E-state index >= 15 is 0 Å². The highest BCUT2D eigenvalue weighted by Gasteiger charge is 2.31. The van der Waals surface area contributed by atoms with Crippen molar-refractivity contribution in [2.75, 3.05) is 24.2 Å². The van der Waals surface area contributed by atoms with Gasteiger partial charge in [0, 0.05) is 25.2 Å². The van der Waals surface area contributed by atoms with Gasteiger partial charge in [0.05, 0.1) is 11.5 Å². The summed E-state index contributed by atoms with van der Waals surface area (Å²) in [6.45, 7) is -0.112. The number of rotatable bonds is 10. The van der Waals surface area contributed by atoms with Gasteiger partial charge in [0.1, 0.15) is 5.75 Å². The number of urea groups is 1. The van der Waals surface area contributed by atoms with E-state index in [9.17, 15) is 31.2 Å². The number of amides is 3. The predicted molar refractivity (Wildman–Crippen MR) is 111 cm³/mol. The maximum Gasteiger partial charge on any atom is 0.573 e. The lowest BCUT2D eigenvalue weighted by atomic mass is 10.2. The van der Waals surface area contributed by atoms with Crippen LogP contribution in [0, 0.1) is 0 Å². The van der Waals surface area contributed by atoms with Crippen LogP contribution < -0.4 is 15.8 Å². The van der Waals surface area contributed by atoms with Crippen LogP contribution in [-0.4, -0.2) is 50.5 Å². The molecular formula is C20H22F3N3O5S. The zero-order chi connectivity index (χ0) is 23.8. The third-order valence-corrected chi connectivity index (χ3v) is 5.78. The smallest absolute Gasteiger partial charge is 0.406 e. The maximum atomic E-state index is 12.3. The van der Waals surface area contributed by atoms with E-state index in [-0.39, 0.29) is 18.8 Å². The highest BCUT2D eigenvalue weighted by molar-refractivity contribution is 7.90. The van der Waals surface area contributed by atoms with Gasteiger partial charge in [-0.15, -0.1) is 13.2 Å². The van der Waals surface area contributed by atoms with E-state index in [1.807, 2.05) is 0 Å². The molecule has 0 saturated carbocycles. The van der Waals surface area contributed by atoms with Gasteiger partial charge in [0.2, 0.25) is 5.91 Å². The molecule has 0 spiro atoms. The van der Waals surface area contributed by atoms with E-state index in [1.54, 1.807) is 30.3 Å². The van der Waals surface area contributed by atoms with Crippen LogP contribution in [0.5, 0.6) is 5.75 Å². The average molecular weight is 473 g/mol. The summed E-state index contributed by atoms with van der Waals surface area (Å²) in [5.74, 6) is -1.81. The fourth-order valence-corrected chi connectivity index (χ4v) is 4.05. The number of sulfone groups is 1. The van der Waals surface area contributed by atoms with Gasteiger partial charge in [0.15, 0.2) is 9.84 Å². The molecule has 0 aliphatic carbocycles. The van der Waals surface area contributed by atoms with Crippen LogP contribution in [0.1, 0.15) is 12.0 Å². The Morgan fingerprint density at radius 1 is 1.03 bits per heavy atom. The quantitative estimate of drug-likeness (QED) is 0.548. The number of halogens is 3. The normalized spacial score (nSPS) is 11.6. The number of nitrogens with two attached hydrogens (primary N) is 1. The first-order chi connectivity index (χ1) is 15.0. The second-order valence-corrected chi connectivity index (χ2v) is 8.89. The predicted octanol–water partition coefficient (Wildman–Crippen LogP) is 2.91. The minimum Gasteiger partial charge on any atom is -0.406 e. The van der Waals surface area contributed by atoms with Gasteiger partial charge in [-0.25, -0.2) is 13.2 Å². The van der Waals surface area contributed by atoms with E-state index in [0.29, 0.717) is 16.2 Å². The fourth-order valence-electron chi connectivity index (χ4n) is 2.72. The van der Waals surface area contributed by atoms with E-state index in [4.69, 9.17) is 5.73 Å². The van der Waals surface area contributed by atoms with Crippen molar-refractivity contribution in [1.29, 1.82) is 0 Å². The number of hydrogen-bond acceptors (Lipinski definition) is 6. The first kappa shape index (κ1) is 25.0. The summed E-state index contributed by atoms with van der Waals surface area (Å²) in [5.41, 5.74) is 6.23. The summed E-state index contributed by atoms with van der Waals surface area (Å²) < 4.78 is 64.7. The molecule has 2 aromatic rings. The number of carbonyl (C=O) groups excluding carboxylic acids is 2. The zero-order valence-corrected chi connectivity index (χ0v) is 17.7. The van der Waals surface area contributed by atoms with E-state index in [1.165, 1.54) is 12.1 Å². The van der Waals surface area contributed by atoms with Crippen LogP contribution in [0.25, 0.3) is 0 Å². The van der Waals surface area contributed by atoms with Crippen molar-refractivity contribution in [3.05, 3.63) is 60.2 Å². The monoisotopic (exact) mass is 473 g/mol. The van der Waals surface area contributed by atoms with Gasteiger partial charge >= 0.3 is 12.4 Å². The molecule has 3 N–H and O–H groups in total. The van der Waals surface area contributed by atoms with Crippen molar-refractivity contribution in [2.45, 2.75) is 18.5 Å². The second kappa shape index (κ2) is 10.8. The summed E-state index contributed by atoms with van der Waals surface area (Å²) in [6.07, 6.45) is -5.21. The van der Waals surface area contributed by atoms with E-state index in [2.05, 4.69) is 10.1 Å². The molecule has 0 aliphatic heterocycles. The van der Waals surface area contributed by atoms with Crippen molar-refractivity contribution < 1.29 is 35.9 Å². The Morgan fingerprint density at radius 3 is 2.22 bits per heavy atom. The minimum atomic E-state index is -4.80. The lowest BCUT2D eigenvalue weighted by Gasteiger charge is -2.19. The molecule has 2 aromatic carbocycles. The molecule has 0 fully saturated rings. The van der Waals surface area contributed by atoms with Crippen LogP contribution in [0.2, 0.25) is 0 Å². The number of alkyl halides is 3. The van der Waals surface area contributed by atoms with Crippen molar-refractivity contribution in [3.63, 3.8) is 0 Å². The molecule has 3 amide bonds. The van der Waals surface area contributed by atoms with Crippen molar-refractivity contribution in [2.24, 2.45) is 5.73 Å². The summed E-state index contributed by atoms with van der Waals surface area (Å²) in [7, 11) is -3.58. The summed E-state index contributed by atoms with van der Waals surface area (Å²) in [4.78, 5) is 24.6. The van der Waals surface area contributed by atoms with Gasteiger partial charge < -0.3 is 15.8 Å². The second-order valence-electron chi connectivity index (χ2n) is 6.71. The number of carbonyl (C=O) groups is 2. The molecule has 2 rings (SSSR count). The highest BCUT2D eigenvalue weighted by Crippen LogP contribution is 2.23. The molecule has 0 bridgehead atoms. The molecule has 0 radical (unpaired) electrons. The number of hydrogen-bond donors (Lipinski definition) is 2. The molecule has 32 heavy (non-hydrogen) atoms. The Bertz CT molecular complexity index is 1010. The molecular weight excluding hydrogens is 451 g/mol. The molecule has 0 aliphatic rings. The summed E-state index contributed by atoms with van der Waals surface area (Å²) in [5, 5.41) is 2.82. The number of primary amides is 1. The topological polar surface area (TPSA) is 119 Å². The number of imide groups is 1. The Hall–Kier alpha value is -3.28. The van der Waals surface area contributed by atoms with Gasteiger partial charge in [0.25, 0.3) is 0 Å². The standard InChI is InChI=1S/C20H22F3N3O5S/c21-20(22,23)31-17-8-6-16(7-9-17)25-11-12-26(19(24)28)18(27)10-13-32(29,30)14-15-4-2-1-3-5-15/h1-9,25H,10-14H2,(H2,24,28). The zero-order valence-electron chi connectivity index (χ0n) is 16.8. The van der Waals surface area contributed by atoms with Crippen LogP contribution in [0.4, 0.5) is 23.7 Å². The first-order valence-electron chi connectivity index (χ1n) is 9.39. The van der Waals surface area contributed by atoms with E-state index in [0.717, 1.165) is 12.1 Å². The molecule has 0 atom stereocenters. The third kappa shape index (κ3) is 8.84. The SMILES string of the molecule is NC(=O)N(CCNc1ccc(OC(F)(F)F)cc1)C(=O)CCS(=O)(=O)Cc1ccccc1. The summed E-state index contributed by atoms with van der Waals surface area (Å²) >= 11 is 0. The third-order valence-electron chi connectivity index (χ3n) is 4.18. The largest absolute Gasteiger partial charge is 0.573 e. The molecule has 174 valence electrons. The van der Waals surface area contributed by atoms with E-state index < -0.39 is 46.1 Å². The molecule has 0 aromatic heterocycles. The average Bonchev–Trinajstić information content (AvgIpc) is 2.70. The van der Waals surface area contributed by atoms with Crippen LogP contribution in [-0.2, 0) is 20.4 Å². The molecule has 0 heterocycles. The highest BCUT2D eigenvalue weighted by atomic mass is 32.2. The Balaban J connectivity index is 1.85. The Morgan fingerprint density at radius 2 is 1.66 bits per heavy atom. The van der Waals surface area contributed by atoms with Crippen molar-refractivity contribution >= 4 is 27.5 Å². The van der Waals surface area contributed by atoms with Crippen molar-refractivity contribution in [3.8, 4) is 5.75 Å². The number of nitrogens with one attached hydrogen (secondary N) is 1. The van der Waals surface area contributed by atoms with Gasteiger partial charge in [-0.2, -0.15) is 0 Å². The van der Waals surface area contributed by atoms with Crippen LogP contribution >= 0.6 is 0 Å². The number of nitrogens with zero attached hydrogens (tertiary/aromatic N) is 1. The molecule has 8 nitrogen and oxygen atoms in total. The lowest BCUT2D eigenvalue weighted by molar-refractivity contribution is -0.274. The first-order valence-corrected chi connectivity index (χ1v) is 11.2. The number of ether oxygens (including phenoxy) is 1. The Kier molecular flexibility index (Phi) is 8.47. The van der Waals surface area contributed by atoms with Crippen molar-refractivity contribution in [1.82, 2.24) is 4.90 Å². The minimum absolute atomic E-state index is 0.0465. The molecule has 0 saturated heterocycles. The number of anilines is 1. The summed E-state index contributed by atoms with van der Waals surface area (Å²) in [6, 6.07) is 12.3. The number of benzene rings is 2. The maximum absolute atomic E-state index is 12.3. The van der Waals surface area contributed by atoms with Gasteiger partial charge in [-0.3, -0.25) is 9.69 Å². The van der Waals surface area contributed by atoms with Crippen LogP contribution in [0.15, 0.2) is 54.6 Å². The molecule has 0 unspecified atom stereocenters. The Labute approximate surface area is 183 Å². The van der Waals surface area contributed by atoms with Crippen LogP contribution in [0.3, 0.4) is 0 Å². The van der Waals surface area contributed by atoms with Gasteiger partial charge in [-0.05, 0) is 29.8 Å². The van der Waals surface area contributed by atoms with Gasteiger partial charge in [-0.1, -0.05) is 30.3 Å².